The highest BCUT2D eigenvalue weighted by Gasteiger charge is 2.51. The zero-order chi connectivity index (χ0) is 66.6. The molecule has 0 aromatic rings. The molecule has 2 heterocycles. The van der Waals surface area contributed by atoms with Crippen molar-refractivity contribution in [2.75, 3.05) is 19.8 Å². The fourth-order valence-electron chi connectivity index (χ4n) is 12.6. The Morgan fingerprint density at radius 2 is 0.728 bits per heavy atom. The fourth-order valence-corrected chi connectivity index (χ4v) is 12.6. The second kappa shape index (κ2) is 62.2. The lowest BCUT2D eigenvalue weighted by molar-refractivity contribution is -0.359. The molecule has 0 spiro atoms. The van der Waals surface area contributed by atoms with Crippen molar-refractivity contribution in [3.63, 3.8) is 0 Å². The monoisotopic (exact) mass is 1300 g/mol. The Morgan fingerprint density at radius 1 is 0.391 bits per heavy atom. The molecule has 0 aromatic heterocycles. The van der Waals surface area contributed by atoms with E-state index >= 15 is 0 Å². The van der Waals surface area contributed by atoms with Crippen LogP contribution in [0.1, 0.15) is 335 Å². The van der Waals surface area contributed by atoms with Gasteiger partial charge in [0.2, 0.25) is 5.91 Å². The van der Waals surface area contributed by atoms with Gasteiger partial charge in [-0.1, -0.05) is 319 Å². The summed E-state index contributed by atoms with van der Waals surface area (Å²) in [5.41, 5.74) is 0. The van der Waals surface area contributed by atoms with Crippen LogP contribution in [0, 0.1) is 0 Å². The van der Waals surface area contributed by atoms with Crippen LogP contribution in [0.5, 0.6) is 0 Å². The number of carbonyl (C=O) groups is 1. The van der Waals surface area contributed by atoms with Crippen LogP contribution in [0.4, 0.5) is 0 Å². The number of unbranched alkanes of at least 4 members (excludes halogenated alkanes) is 43. The predicted molar refractivity (Wildman–Crippen MR) is 378 cm³/mol. The number of aliphatic hydroxyl groups is 8. The van der Waals surface area contributed by atoms with E-state index in [9.17, 15) is 45.6 Å². The molecule has 0 aliphatic carbocycles. The van der Waals surface area contributed by atoms with E-state index in [0.29, 0.717) is 12.8 Å². The van der Waals surface area contributed by atoms with E-state index in [1.807, 2.05) is 6.08 Å². The number of amides is 1. The Kier molecular flexibility index (Phi) is 58.0. The molecule has 2 saturated heterocycles. The Hall–Kier alpha value is -2.31. The molecular weight excluding hydrogens is 1160 g/mol. The van der Waals surface area contributed by atoms with Crippen LogP contribution in [0.2, 0.25) is 0 Å². The number of rotatable bonds is 64. The summed E-state index contributed by atoms with van der Waals surface area (Å²) in [6.07, 6.45) is 67.5. The Bertz CT molecular complexity index is 1780. The Labute approximate surface area is 562 Å². The SMILES string of the molecule is CCCCCCC/C=C\C/C=C\C/C=C\CCCCCCCCCCCCCCCCCCCCCCCCCCCCC(=O)NC(COC1OC(CO)C(OC2OC(CO)C(O)C(O)C2O)C(O)C1O)C(O)/C=C/CC/C=C/CCCCCCCCCCCCC. The third kappa shape index (κ3) is 45.2. The summed E-state index contributed by atoms with van der Waals surface area (Å²) >= 11 is 0. The smallest absolute Gasteiger partial charge is 0.220 e. The molecule has 1 amide bonds. The standard InChI is InChI=1S/C78H143NO13/c1-3-5-7-9-11-13-15-17-19-21-22-23-24-25-26-27-28-29-30-31-32-33-34-35-36-37-38-39-40-41-42-43-44-46-48-50-52-54-56-58-60-62-70(83)79-66(67(82)61-59-57-55-53-51-49-47-45-20-18-16-14-12-10-8-6-4-2)65-89-77-75(88)73(86)76(69(64-81)91-77)92-78-74(87)72(85)71(84)68(63-80)90-78/h15,17,21-22,24-25,51,53,59,61,66-69,71-78,80-82,84-88H,3-14,16,18-20,23,26-50,52,54-58,60,62-65H2,1-2H3,(H,79,83)/b17-15-,22-21-,25-24-,53-51+,61-59+. The highest BCUT2D eigenvalue weighted by molar-refractivity contribution is 5.76. The van der Waals surface area contributed by atoms with Crippen LogP contribution in [-0.2, 0) is 23.7 Å². The van der Waals surface area contributed by atoms with Crippen LogP contribution in [0.25, 0.3) is 0 Å². The molecule has 14 nitrogen and oxygen atoms in total. The van der Waals surface area contributed by atoms with E-state index in [1.54, 1.807) is 6.08 Å². The third-order valence-corrected chi connectivity index (χ3v) is 18.7. The van der Waals surface area contributed by atoms with Crippen LogP contribution >= 0.6 is 0 Å². The summed E-state index contributed by atoms with van der Waals surface area (Å²) in [7, 11) is 0. The number of hydrogen-bond donors (Lipinski definition) is 9. The van der Waals surface area contributed by atoms with E-state index in [2.05, 4.69) is 67.8 Å². The van der Waals surface area contributed by atoms with Crippen molar-refractivity contribution in [1.82, 2.24) is 5.32 Å². The lowest BCUT2D eigenvalue weighted by Gasteiger charge is -2.46. The first kappa shape index (κ1) is 85.8. The minimum atomic E-state index is -1.79. The Balaban J connectivity index is 1.55. The van der Waals surface area contributed by atoms with Crippen LogP contribution < -0.4 is 5.32 Å². The molecule has 12 atom stereocenters. The summed E-state index contributed by atoms with van der Waals surface area (Å²) in [4.78, 5) is 13.3. The summed E-state index contributed by atoms with van der Waals surface area (Å²) in [6, 6.07) is -0.932. The van der Waals surface area contributed by atoms with Crippen molar-refractivity contribution in [3.8, 4) is 0 Å². The lowest BCUT2D eigenvalue weighted by Crippen LogP contribution is -2.65. The minimum Gasteiger partial charge on any atom is -0.394 e. The van der Waals surface area contributed by atoms with Gasteiger partial charge in [-0.15, -0.1) is 0 Å². The molecule has 0 saturated carbocycles. The zero-order valence-electron chi connectivity index (χ0n) is 58.8. The molecule has 92 heavy (non-hydrogen) atoms. The van der Waals surface area contributed by atoms with Crippen molar-refractivity contribution in [2.24, 2.45) is 0 Å². The van der Waals surface area contributed by atoms with Gasteiger partial charge in [0.15, 0.2) is 12.6 Å². The quantitative estimate of drug-likeness (QED) is 0.0204. The van der Waals surface area contributed by atoms with Crippen molar-refractivity contribution >= 4 is 5.91 Å². The van der Waals surface area contributed by atoms with Crippen LogP contribution in [0.3, 0.4) is 0 Å². The largest absolute Gasteiger partial charge is 0.394 e. The van der Waals surface area contributed by atoms with Gasteiger partial charge in [0.05, 0.1) is 32.0 Å². The van der Waals surface area contributed by atoms with Crippen LogP contribution in [0.15, 0.2) is 60.8 Å². The van der Waals surface area contributed by atoms with Gasteiger partial charge in [-0.25, -0.2) is 0 Å². The normalized spacial score (nSPS) is 23.0. The maximum Gasteiger partial charge on any atom is 0.220 e. The number of allylic oxidation sites excluding steroid dienone is 9. The first-order valence-corrected chi connectivity index (χ1v) is 38.5. The fraction of sp³-hybridized carbons (Fsp3) is 0.859. The van der Waals surface area contributed by atoms with E-state index in [1.165, 1.54) is 257 Å². The third-order valence-electron chi connectivity index (χ3n) is 18.7. The number of carbonyl (C=O) groups excluding carboxylic acids is 1. The minimum absolute atomic E-state index is 0.244. The van der Waals surface area contributed by atoms with Gasteiger partial charge >= 0.3 is 0 Å². The summed E-state index contributed by atoms with van der Waals surface area (Å²) in [5.74, 6) is -0.244. The van der Waals surface area contributed by atoms with E-state index in [-0.39, 0.29) is 18.9 Å². The molecule has 12 unspecified atom stereocenters. The average Bonchev–Trinajstić information content (AvgIpc) is 0.856. The molecular formula is C78H143NO13. The predicted octanol–water partition coefficient (Wildman–Crippen LogP) is 16.8. The number of hydrogen-bond acceptors (Lipinski definition) is 13. The van der Waals surface area contributed by atoms with E-state index < -0.39 is 86.8 Å². The van der Waals surface area contributed by atoms with Crippen molar-refractivity contribution < 1.29 is 64.6 Å². The number of aliphatic hydroxyl groups excluding tert-OH is 8. The lowest BCUT2D eigenvalue weighted by atomic mass is 9.97. The Morgan fingerprint density at radius 3 is 1.14 bits per heavy atom. The second-order valence-electron chi connectivity index (χ2n) is 27.1. The molecule has 2 fully saturated rings. The highest BCUT2D eigenvalue weighted by Crippen LogP contribution is 2.30. The van der Waals surface area contributed by atoms with Gasteiger partial charge in [0.25, 0.3) is 0 Å². The van der Waals surface area contributed by atoms with Crippen molar-refractivity contribution in [1.29, 1.82) is 0 Å². The topological polar surface area (TPSA) is 228 Å². The molecule has 0 bridgehead atoms. The van der Waals surface area contributed by atoms with Crippen molar-refractivity contribution in [3.05, 3.63) is 60.8 Å². The molecule has 9 N–H and O–H groups in total. The first-order valence-electron chi connectivity index (χ1n) is 38.5. The van der Waals surface area contributed by atoms with Gasteiger partial charge < -0.3 is 65.1 Å². The number of ether oxygens (including phenoxy) is 4. The van der Waals surface area contributed by atoms with Gasteiger partial charge in [-0.3, -0.25) is 4.79 Å². The number of nitrogens with one attached hydrogen (secondary N) is 1. The molecule has 2 aliphatic heterocycles. The van der Waals surface area contributed by atoms with E-state index in [0.717, 1.165) is 44.9 Å². The maximum absolute atomic E-state index is 13.3. The molecule has 2 aliphatic rings. The first-order chi connectivity index (χ1) is 45.1. The second-order valence-corrected chi connectivity index (χ2v) is 27.1. The highest BCUT2D eigenvalue weighted by atomic mass is 16.7. The van der Waals surface area contributed by atoms with Gasteiger partial charge in [0.1, 0.15) is 48.8 Å². The van der Waals surface area contributed by atoms with E-state index in [4.69, 9.17) is 18.9 Å². The molecule has 0 aromatic carbocycles. The molecule has 538 valence electrons. The van der Waals surface area contributed by atoms with Crippen LogP contribution in [-0.4, -0.2) is 140 Å². The summed E-state index contributed by atoms with van der Waals surface area (Å²) in [5, 5.41) is 87.4. The maximum atomic E-state index is 13.3. The van der Waals surface area contributed by atoms with Gasteiger partial charge in [0, 0.05) is 6.42 Å². The molecule has 2 rings (SSSR count). The molecule has 14 heteroatoms. The van der Waals surface area contributed by atoms with Gasteiger partial charge in [-0.05, 0) is 70.6 Å². The summed E-state index contributed by atoms with van der Waals surface area (Å²) in [6.45, 7) is 2.80. The van der Waals surface area contributed by atoms with Crippen molar-refractivity contribution in [2.45, 2.75) is 408 Å². The van der Waals surface area contributed by atoms with Gasteiger partial charge in [-0.2, -0.15) is 0 Å². The summed E-state index contributed by atoms with van der Waals surface area (Å²) < 4.78 is 22.8. The average molecular weight is 1300 g/mol. The molecule has 0 radical (unpaired) electrons. The zero-order valence-corrected chi connectivity index (χ0v) is 58.8.